The highest BCUT2D eigenvalue weighted by atomic mass is 32.2. The zero-order chi connectivity index (χ0) is 21.4. The van der Waals surface area contributed by atoms with Gasteiger partial charge < -0.3 is 15.2 Å². The highest BCUT2D eigenvalue weighted by Crippen LogP contribution is 2.33. The number of nitrogens with one attached hydrogen (secondary N) is 2. The number of hydrogen-bond acceptors (Lipinski definition) is 6. The number of carbonyl (C=O) groups excluding carboxylic acids is 1. The second-order valence-corrected chi connectivity index (χ2v) is 9.02. The maximum atomic E-state index is 13.4. The molecule has 3 rings (SSSR count). The van der Waals surface area contributed by atoms with E-state index in [2.05, 4.69) is 15.0 Å². The molecule has 1 saturated carbocycles. The molecular weight excluding hydrogens is 401 g/mol. The second-order valence-electron chi connectivity index (χ2n) is 7.30. The van der Waals surface area contributed by atoms with Gasteiger partial charge in [-0.15, -0.1) is 0 Å². The standard InChI is InChI=1S/C19H22FN3O5S/c1-11-15(20)5-7-17(21-11)22-18(24)14-8-13(4-6-16(14)28-3)29(26,27)23-12-9-19(2,25)10-12/h4-8,12,23,25H,9-10H2,1-3H3,(H,21,22,24)/t12-,19+. The minimum atomic E-state index is -3.90. The molecule has 8 nitrogen and oxygen atoms in total. The summed E-state index contributed by atoms with van der Waals surface area (Å²) in [4.78, 5) is 16.5. The average molecular weight is 423 g/mol. The van der Waals surface area contributed by atoms with Gasteiger partial charge in [0.25, 0.3) is 5.91 Å². The number of amides is 1. The molecule has 0 unspecified atom stereocenters. The number of aromatic nitrogens is 1. The minimum absolute atomic E-state index is 0.0141. The third kappa shape index (κ3) is 4.72. The SMILES string of the molecule is COc1ccc(S(=O)(=O)N[C@H]2C[C@@](C)(O)C2)cc1C(=O)Nc1ccc(F)c(C)n1. The Morgan fingerprint density at radius 3 is 2.59 bits per heavy atom. The van der Waals surface area contributed by atoms with Crippen LogP contribution in [0.15, 0.2) is 35.2 Å². The van der Waals surface area contributed by atoms with Crippen molar-refractivity contribution in [3.63, 3.8) is 0 Å². The first-order valence-electron chi connectivity index (χ1n) is 8.88. The van der Waals surface area contributed by atoms with Crippen molar-refractivity contribution in [2.45, 2.75) is 43.2 Å². The van der Waals surface area contributed by atoms with E-state index in [1.54, 1.807) is 6.92 Å². The third-order valence-electron chi connectivity index (χ3n) is 4.68. The fraction of sp³-hybridized carbons (Fsp3) is 0.368. The van der Waals surface area contributed by atoms with Gasteiger partial charge in [0.15, 0.2) is 0 Å². The van der Waals surface area contributed by atoms with Crippen LogP contribution in [0.5, 0.6) is 5.75 Å². The summed E-state index contributed by atoms with van der Waals surface area (Å²) in [5.74, 6) is -0.857. The quantitative estimate of drug-likeness (QED) is 0.654. The van der Waals surface area contributed by atoms with Crippen molar-refractivity contribution < 1.29 is 27.4 Å². The largest absolute Gasteiger partial charge is 0.496 e. The summed E-state index contributed by atoms with van der Waals surface area (Å²) in [6, 6.07) is 6.01. The Hall–Kier alpha value is -2.56. The number of aliphatic hydroxyl groups is 1. The van der Waals surface area contributed by atoms with Gasteiger partial charge in [0, 0.05) is 6.04 Å². The zero-order valence-corrected chi connectivity index (χ0v) is 17.0. The van der Waals surface area contributed by atoms with Crippen LogP contribution in [0.2, 0.25) is 0 Å². The molecule has 2 aromatic rings. The molecule has 0 aliphatic heterocycles. The van der Waals surface area contributed by atoms with E-state index in [9.17, 15) is 22.7 Å². The van der Waals surface area contributed by atoms with Gasteiger partial charge in [-0.2, -0.15) is 0 Å². The van der Waals surface area contributed by atoms with Gasteiger partial charge in [-0.1, -0.05) is 0 Å². The summed E-state index contributed by atoms with van der Waals surface area (Å²) < 4.78 is 46.3. The number of pyridine rings is 1. The predicted octanol–water partition coefficient (Wildman–Crippen LogP) is 1.98. The van der Waals surface area contributed by atoms with Gasteiger partial charge in [0.2, 0.25) is 10.0 Å². The smallest absolute Gasteiger partial charge is 0.260 e. The number of nitrogens with zero attached hydrogens (tertiary/aromatic N) is 1. The van der Waals surface area contributed by atoms with Crippen LogP contribution in [0.1, 0.15) is 35.8 Å². The highest BCUT2D eigenvalue weighted by molar-refractivity contribution is 7.89. The lowest BCUT2D eigenvalue weighted by Gasteiger charge is -2.40. The van der Waals surface area contributed by atoms with Gasteiger partial charge >= 0.3 is 0 Å². The van der Waals surface area contributed by atoms with Crippen molar-refractivity contribution in [1.82, 2.24) is 9.71 Å². The van der Waals surface area contributed by atoms with Crippen molar-refractivity contribution in [1.29, 1.82) is 0 Å². The number of halogens is 1. The van der Waals surface area contributed by atoms with Gasteiger partial charge in [-0.05, 0) is 57.0 Å². The van der Waals surface area contributed by atoms with E-state index >= 15 is 0 Å². The zero-order valence-electron chi connectivity index (χ0n) is 16.2. The highest BCUT2D eigenvalue weighted by Gasteiger charge is 2.40. The van der Waals surface area contributed by atoms with Crippen molar-refractivity contribution in [2.24, 2.45) is 0 Å². The number of benzene rings is 1. The van der Waals surface area contributed by atoms with Gasteiger partial charge in [0.05, 0.1) is 28.9 Å². The molecule has 0 saturated heterocycles. The Bertz CT molecular complexity index is 1050. The number of methoxy groups -OCH3 is 1. The Labute approximate surface area is 168 Å². The number of anilines is 1. The van der Waals surface area contributed by atoms with Crippen LogP contribution < -0.4 is 14.8 Å². The van der Waals surface area contributed by atoms with Crippen LogP contribution in [0.25, 0.3) is 0 Å². The number of aryl methyl sites for hydroxylation is 1. The predicted molar refractivity (Wildman–Crippen MR) is 104 cm³/mol. The molecule has 29 heavy (non-hydrogen) atoms. The van der Waals surface area contributed by atoms with Crippen LogP contribution in [0.3, 0.4) is 0 Å². The van der Waals surface area contributed by atoms with Crippen LogP contribution in [0.4, 0.5) is 10.2 Å². The number of sulfonamides is 1. The molecule has 10 heteroatoms. The van der Waals surface area contributed by atoms with E-state index < -0.39 is 27.3 Å². The molecule has 1 heterocycles. The molecule has 1 aromatic carbocycles. The summed E-state index contributed by atoms with van der Waals surface area (Å²) in [5.41, 5.74) is -0.773. The summed E-state index contributed by atoms with van der Waals surface area (Å²) in [5, 5.41) is 12.3. The van der Waals surface area contributed by atoms with Crippen molar-refractivity contribution in [3.05, 3.63) is 47.4 Å². The molecule has 0 spiro atoms. The number of carbonyl (C=O) groups is 1. The molecule has 1 aliphatic carbocycles. The summed E-state index contributed by atoms with van der Waals surface area (Å²) in [6.07, 6.45) is 0.622. The molecule has 3 N–H and O–H groups in total. The van der Waals surface area contributed by atoms with E-state index in [0.717, 1.165) is 0 Å². The molecule has 1 aromatic heterocycles. The Morgan fingerprint density at radius 2 is 2.00 bits per heavy atom. The number of hydrogen-bond donors (Lipinski definition) is 3. The van der Waals surface area contributed by atoms with Gasteiger partial charge in [-0.3, -0.25) is 4.79 Å². The van der Waals surface area contributed by atoms with E-state index in [-0.39, 0.29) is 33.8 Å². The van der Waals surface area contributed by atoms with Gasteiger partial charge in [-0.25, -0.2) is 22.5 Å². The Kier molecular flexibility index (Phi) is 5.61. The fourth-order valence-corrected chi connectivity index (χ4v) is 4.46. The minimum Gasteiger partial charge on any atom is -0.496 e. The van der Waals surface area contributed by atoms with Crippen molar-refractivity contribution in [3.8, 4) is 5.75 Å². The van der Waals surface area contributed by atoms with Gasteiger partial charge in [0.1, 0.15) is 17.4 Å². The second kappa shape index (κ2) is 7.69. The van der Waals surface area contributed by atoms with E-state index in [1.807, 2.05) is 0 Å². The van der Waals surface area contributed by atoms with E-state index in [4.69, 9.17) is 4.74 Å². The molecule has 156 valence electrons. The molecule has 1 fully saturated rings. The molecule has 0 radical (unpaired) electrons. The first kappa shape index (κ1) is 21.2. The summed E-state index contributed by atoms with van der Waals surface area (Å²) >= 11 is 0. The fourth-order valence-electron chi connectivity index (χ4n) is 3.20. The van der Waals surface area contributed by atoms with Crippen LogP contribution >= 0.6 is 0 Å². The molecule has 0 bridgehead atoms. The number of ether oxygens (including phenoxy) is 1. The molecule has 0 atom stereocenters. The van der Waals surface area contributed by atoms with E-state index in [0.29, 0.717) is 12.8 Å². The third-order valence-corrected chi connectivity index (χ3v) is 6.20. The normalized spacial score (nSPS) is 21.3. The molecular formula is C19H22FN3O5S. The average Bonchev–Trinajstić information content (AvgIpc) is 2.62. The Balaban J connectivity index is 1.84. The topological polar surface area (TPSA) is 118 Å². The first-order chi connectivity index (χ1) is 13.5. The lowest BCUT2D eigenvalue weighted by atomic mass is 9.78. The molecule has 1 aliphatic rings. The maximum Gasteiger partial charge on any atom is 0.260 e. The summed E-state index contributed by atoms with van der Waals surface area (Å²) in [7, 11) is -2.54. The lowest BCUT2D eigenvalue weighted by Crippen LogP contribution is -2.53. The lowest BCUT2D eigenvalue weighted by molar-refractivity contribution is -0.0329. The van der Waals surface area contributed by atoms with Crippen LogP contribution in [-0.4, -0.2) is 43.2 Å². The van der Waals surface area contributed by atoms with Crippen LogP contribution in [-0.2, 0) is 10.0 Å². The monoisotopic (exact) mass is 423 g/mol. The van der Waals surface area contributed by atoms with Crippen molar-refractivity contribution >= 4 is 21.7 Å². The number of rotatable bonds is 6. The first-order valence-corrected chi connectivity index (χ1v) is 10.4. The Morgan fingerprint density at radius 1 is 1.31 bits per heavy atom. The molecule has 1 amide bonds. The van der Waals surface area contributed by atoms with Crippen LogP contribution in [0, 0.1) is 12.7 Å². The van der Waals surface area contributed by atoms with E-state index in [1.165, 1.54) is 44.4 Å². The van der Waals surface area contributed by atoms with Crippen molar-refractivity contribution in [2.75, 3.05) is 12.4 Å². The maximum absolute atomic E-state index is 13.4. The summed E-state index contributed by atoms with van der Waals surface area (Å²) in [6.45, 7) is 3.10.